The second kappa shape index (κ2) is 5.46. The van der Waals surface area contributed by atoms with Crippen molar-refractivity contribution < 1.29 is 4.79 Å². The van der Waals surface area contributed by atoms with Crippen LogP contribution in [0.5, 0.6) is 0 Å². The number of hydrogen-bond donors (Lipinski definition) is 0. The fraction of sp³-hybridized carbons (Fsp3) is 0.250. The molecule has 5 nitrogen and oxygen atoms in total. The number of carbonyl (C=O) groups excluding carboxylic acids is 1. The van der Waals surface area contributed by atoms with Crippen LogP contribution < -0.4 is 0 Å². The molecule has 1 atom stereocenters. The molecule has 2 aromatic heterocycles. The van der Waals surface area contributed by atoms with Gasteiger partial charge in [-0.2, -0.15) is 0 Å². The van der Waals surface area contributed by atoms with E-state index in [1.807, 2.05) is 23.1 Å². The van der Waals surface area contributed by atoms with Crippen molar-refractivity contribution in [1.82, 2.24) is 19.9 Å². The lowest BCUT2D eigenvalue weighted by Crippen LogP contribution is -2.31. The van der Waals surface area contributed by atoms with E-state index >= 15 is 0 Å². The zero-order valence-corrected chi connectivity index (χ0v) is 12.7. The summed E-state index contributed by atoms with van der Waals surface area (Å²) in [4.78, 5) is 27.3. The van der Waals surface area contributed by atoms with Crippen molar-refractivity contribution in [2.24, 2.45) is 0 Å². The maximum Gasteiger partial charge on any atom is 0.274 e. The molecule has 0 radical (unpaired) electrons. The van der Waals surface area contributed by atoms with Crippen molar-refractivity contribution in [3.05, 3.63) is 53.6 Å². The lowest BCUT2D eigenvalue weighted by atomic mass is 10.2. The highest BCUT2D eigenvalue weighted by Gasteiger charge is 2.33. The summed E-state index contributed by atoms with van der Waals surface area (Å²) < 4.78 is 1.16. The highest BCUT2D eigenvalue weighted by molar-refractivity contribution is 7.18. The minimum Gasteiger partial charge on any atom is -0.328 e. The Labute approximate surface area is 131 Å². The van der Waals surface area contributed by atoms with Crippen molar-refractivity contribution in [3.8, 4) is 0 Å². The van der Waals surface area contributed by atoms with Crippen LogP contribution in [0.2, 0.25) is 0 Å². The molecule has 0 unspecified atom stereocenters. The Morgan fingerprint density at radius 2 is 2.18 bits per heavy atom. The zero-order chi connectivity index (χ0) is 14.9. The largest absolute Gasteiger partial charge is 0.328 e. The van der Waals surface area contributed by atoms with Gasteiger partial charge in [-0.1, -0.05) is 12.1 Å². The molecule has 3 aromatic rings. The first-order chi connectivity index (χ1) is 10.8. The molecule has 1 aromatic carbocycles. The number of para-hydroxylation sites is 1. The van der Waals surface area contributed by atoms with Crippen LogP contribution in [-0.4, -0.2) is 32.3 Å². The van der Waals surface area contributed by atoms with E-state index in [0.29, 0.717) is 5.69 Å². The van der Waals surface area contributed by atoms with E-state index in [0.717, 1.165) is 34.6 Å². The molecule has 1 fully saturated rings. The summed E-state index contributed by atoms with van der Waals surface area (Å²) in [5.74, 6) is -0.0603. The molecule has 1 aliphatic rings. The van der Waals surface area contributed by atoms with Crippen molar-refractivity contribution in [2.45, 2.75) is 18.9 Å². The van der Waals surface area contributed by atoms with E-state index in [2.05, 4.69) is 16.0 Å². The molecule has 0 N–H and O–H groups in total. The second-order valence-electron chi connectivity index (χ2n) is 5.27. The van der Waals surface area contributed by atoms with Crippen LogP contribution in [0, 0.1) is 0 Å². The molecular weight excluding hydrogens is 296 g/mol. The highest BCUT2D eigenvalue weighted by Crippen LogP contribution is 2.36. The van der Waals surface area contributed by atoms with Crippen molar-refractivity contribution in [2.75, 3.05) is 6.54 Å². The Balaban J connectivity index is 1.67. The Kier molecular flexibility index (Phi) is 3.31. The molecule has 110 valence electrons. The summed E-state index contributed by atoms with van der Waals surface area (Å²) >= 11 is 1.67. The average molecular weight is 310 g/mol. The first kappa shape index (κ1) is 13.3. The van der Waals surface area contributed by atoms with Gasteiger partial charge in [0.1, 0.15) is 10.7 Å². The number of amides is 1. The molecule has 1 amide bonds. The Hall–Kier alpha value is -2.34. The molecule has 0 saturated carbocycles. The van der Waals surface area contributed by atoms with Gasteiger partial charge in [0.25, 0.3) is 5.91 Å². The first-order valence-corrected chi connectivity index (χ1v) is 8.07. The Morgan fingerprint density at radius 1 is 1.27 bits per heavy atom. The number of hydrogen-bond acceptors (Lipinski definition) is 5. The van der Waals surface area contributed by atoms with Gasteiger partial charge in [0, 0.05) is 18.9 Å². The smallest absolute Gasteiger partial charge is 0.274 e. The molecule has 22 heavy (non-hydrogen) atoms. The lowest BCUT2D eigenvalue weighted by molar-refractivity contribution is 0.0729. The van der Waals surface area contributed by atoms with Crippen LogP contribution in [-0.2, 0) is 0 Å². The van der Waals surface area contributed by atoms with E-state index in [1.54, 1.807) is 23.7 Å². The van der Waals surface area contributed by atoms with Gasteiger partial charge in [-0.3, -0.25) is 9.78 Å². The van der Waals surface area contributed by atoms with Crippen LogP contribution in [0.1, 0.15) is 34.4 Å². The van der Waals surface area contributed by atoms with Crippen LogP contribution >= 0.6 is 11.3 Å². The van der Waals surface area contributed by atoms with E-state index in [9.17, 15) is 4.79 Å². The van der Waals surface area contributed by atoms with Gasteiger partial charge in [0.2, 0.25) is 0 Å². The third-order valence-corrected chi connectivity index (χ3v) is 5.03. The first-order valence-electron chi connectivity index (χ1n) is 7.25. The van der Waals surface area contributed by atoms with Gasteiger partial charge in [0.05, 0.1) is 22.5 Å². The van der Waals surface area contributed by atoms with Gasteiger partial charge in [-0.25, -0.2) is 9.97 Å². The highest BCUT2D eigenvalue weighted by atomic mass is 32.1. The molecule has 3 heterocycles. The summed E-state index contributed by atoms with van der Waals surface area (Å²) in [6.07, 6.45) is 6.59. The standard InChI is InChI=1S/C16H14N4OS/c21-16(12-10-17-7-8-18-12)20-9-3-5-13(20)15-19-11-4-1-2-6-14(11)22-15/h1-2,4,6-8,10,13H,3,5,9H2/t13-/m0/s1. The normalized spacial score (nSPS) is 18.0. The summed E-state index contributed by atoms with van der Waals surface area (Å²) in [5.41, 5.74) is 1.40. The van der Waals surface area contributed by atoms with Gasteiger partial charge in [-0.05, 0) is 25.0 Å². The lowest BCUT2D eigenvalue weighted by Gasteiger charge is -2.22. The summed E-state index contributed by atoms with van der Waals surface area (Å²) in [6, 6.07) is 8.14. The number of fused-ring (bicyclic) bond motifs is 1. The van der Waals surface area contributed by atoms with Gasteiger partial charge >= 0.3 is 0 Å². The van der Waals surface area contributed by atoms with Crippen LogP contribution in [0.4, 0.5) is 0 Å². The molecule has 1 aliphatic heterocycles. The fourth-order valence-electron chi connectivity index (χ4n) is 2.86. The molecule has 0 spiro atoms. The number of likely N-dealkylation sites (tertiary alicyclic amines) is 1. The predicted octanol–water partition coefficient (Wildman–Crippen LogP) is 3.06. The van der Waals surface area contributed by atoms with E-state index in [4.69, 9.17) is 4.98 Å². The molecule has 1 saturated heterocycles. The number of carbonyl (C=O) groups is 1. The topological polar surface area (TPSA) is 59.0 Å². The molecule has 0 bridgehead atoms. The minimum absolute atomic E-state index is 0.0481. The molecule has 0 aliphatic carbocycles. The zero-order valence-electron chi connectivity index (χ0n) is 11.8. The van der Waals surface area contributed by atoms with Crippen LogP contribution in [0.3, 0.4) is 0 Å². The summed E-state index contributed by atoms with van der Waals surface area (Å²) in [7, 11) is 0. The third kappa shape index (κ3) is 2.25. The maximum atomic E-state index is 12.6. The number of nitrogens with zero attached hydrogens (tertiary/aromatic N) is 4. The van der Waals surface area contributed by atoms with Crippen molar-refractivity contribution in [3.63, 3.8) is 0 Å². The summed E-state index contributed by atoms with van der Waals surface area (Å²) in [6.45, 7) is 0.746. The van der Waals surface area contributed by atoms with Crippen molar-refractivity contribution in [1.29, 1.82) is 0 Å². The molecule has 6 heteroatoms. The molecular formula is C16H14N4OS. The number of benzene rings is 1. The number of rotatable bonds is 2. The van der Waals surface area contributed by atoms with E-state index in [-0.39, 0.29) is 11.9 Å². The number of aromatic nitrogens is 3. The van der Waals surface area contributed by atoms with E-state index < -0.39 is 0 Å². The predicted molar refractivity (Wildman–Crippen MR) is 84.7 cm³/mol. The minimum atomic E-state index is -0.0603. The summed E-state index contributed by atoms with van der Waals surface area (Å²) in [5, 5.41) is 1.01. The Morgan fingerprint density at radius 3 is 3.00 bits per heavy atom. The quantitative estimate of drug-likeness (QED) is 0.730. The Bertz CT molecular complexity index is 784. The number of thiazole rings is 1. The SMILES string of the molecule is O=C(c1cnccn1)N1CCC[C@H]1c1nc2ccccc2s1. The average Bonchev–Trinajstić information content (AvgIpc) is 3.21. The third-order valence-electron chi connectivity index (χ3n) is 3.89. The van der Waals surface area contributed by atoms with Gasteiger partial charge in [-0.15, -0.1) is 11.3 Å². The fourth-order valence-corrected chi connectivity index (χ4v) is 3.97. The van der Waals surface area contributed by atoms with Crippen molar-refractivity contribution >= 4 is 27.5 Å². The van der Waals surface area contributed by atoms with Gasteiger partial charge in [0.15, 0.2) is 0 Å². The van der Waals surface area contributed by atoms with E-state index in [1.165, 1.54) is 6.20 Å². The maximum absolute atomic E-state index is 12.6. The van der Waals surface area contributed by atoms with Gasteiger partial charge < -0.3 is 4.90 Å². The second-order valence-corrected chi connectivity index (χ2v) is 6.33. The molecule has 4 rings (SSSR count). The van der Waals surface area contributed by atoms with Crippen LogP contribution in [0.15, 0.2) is 42.9 Å². The van der Waals surface area contributed by atoms with Crippen LogP contribution in [0.25, 0.3) is 10.2 Å². The monoisotopic (exact) mass is 310 g/mol.